The number of rotatable bonds is 7. The Morgan fingerprint density at radius 3 is 2.44 bits per heavy atom. The van der Waals surface area contributed by atoms with E-state index < -0.39 is 5.82 Å². The number of nitrogens with zero attached hydrogens (tertiary/aromatic N) is 1. The molecule has 0 atom stereocenters. The fourth-order valence-electron chi connectivity index (χ4n) is 2.17. The Kier molecular flexibility index (Phi) is 6.51. The minimum absolute atomic E-state index is 0.102. The summed E-state index contributed by atoms with van der Waals surface area (Å²) in [4.78, 5) is 24.8. The molecule has 0 heterocycles. The zero-order valence-corrected chi connectivity index (χ0v) is 14.3. The second kappa shape index (κ2) is 8.82. The van der Waals surface area contributed by atoms with Gasteiger partial charge in [0.2, 0.25) is 5.91 Å². The molecule has 0 aliphatic heterocycles. The molecular formula is C19H21FN2O3. The van der Waals surface area contributed by atoms with Crippen LogP contribution in [0.5, 0.6) is 5.75 Å². The highest BCUT2D eigenvalue weighted by Gasteiger charge is 2.12. The summed E-state index contributed by atoms with van der Waals surface area (Å²) < 4.78 is 18.8. The van der Waals surface area contributed by atoms with Crippen molar-refractivity contribution in [1.29, 1.82) is 0 Å². The number of benzene rings is 2. The molecule has 0 saturated heterocycles. The molecule has 0 aliphatic rings. The molecule has 5 nitrogen and oxygen atoms in total. The third kappa shape index (κ3) is 5.60. The van der Waals surface area contributed by atoms with Crippen LogP contribution in [0, 0.1) is 5.82 Å². The van der Waals surface area contributed by atoms with Gasteiger partial charge in [-0.3, -0.25) is 9.59 Å². The van der Waals surface area contributed by atoms with Crippen molar-refractivity contribution in [2.24, 2.45) is 0 Å². The normalized spacial score (nSPS) is 10.2. The van der Waals surface area contributed by atoms with Crippen molar-refractivity contribution in [2.45, 2.75) is 13.5 Å². The molecule has 0 fully saturated rings. The first-order valence-corrected chi connectivity index (χ1v) is 7.93. The van der Waals surface area contributed by atoms with Crippen LogP contribution in [0.1, 0.15) is 22.8 Å². The molecule has 2 amide bonds. The number of hydrogen-bond donors (Lipinski definition) is 1. The Balaban J connectivity index is 1.84. The summed E-state index contributed by atoms with van der Waals surface area (Å²) in [6.07, 6.45) is 0. The van der Waals surface area contributed by atoms with Gasteiger partial charge in [0.25, 0.3) is 5.91 Å². The third-order valence-corrected chi connectivity index (χ3v) is 3.61. The van der Waals surface area contributed by atoms with Gasteiger partial charge in [0.1, 0.15) is 6.61 Å². The first kappa shape index (κ1) is 18.4. The highest BCUT2D eigenvalue weighted by molar-refractivity contribution is 5.94. The van der Waals surface area contributed by atoms with Gasteiger partial charge in [0, 0.05) is 26.1 Å². The van der Waals surface area contributed by atoms with Gasteiger partial charge in [-0.1, -0.05) is 24.3 Å². The number of nitrogens with one attached hydrogen (secondary N) is 1. The van der Waals surface area contributed by atoms with Crippen LogP contribution in [0.25, 0.3) is 0 Å². The van der Waals surface area contributed by atoms with Crippen LogP contribution in [0.3, 0.4) is 0 Å². The quantitative estimate of drug-likeness (QED) is 0.840. The highest BCUT2D eigenvalue weighted by Crippen LogP contribution is 2.15. The van der Waals surface area contributed by atoms with E-state index in [1.165, 1.54) is 17.9 Å². The Bertz CT molecular complexity index is 732. The van der Waals surface area contributed by atoms with Gasteiger partial charge in [-0.2, -0.15) is 0 Å². The fraction of sp³-hybridized carbons (Fsp3) is 0.263. The molecule has 0 spiro atoms. The number of halogens is 1. The molecule has 2 aromatic carbocycles. The average Bonchev–Trinajstić information content (AvgIpc) is 2.61. The standard InChI is InChI=1S/C19H21FN2O3/c1-14(23)21-13-15-7-9-16(10-8-15)19(24)22(2)11-12-25-18-6-4-3-5-17(18)20/h3-10H,11-13H2,1-2H3,(H,21,23). The van der Waals surface area contributed by atoms with E-state index in [1.54, 1.807) is 49.5 Å². The molecule has 132 valence electrons. The molecule has 6 heteroatoms. The number of amides is 2. The van der Waals surface area contributed by atoms with Crippen LogP contribution in [0.2, 0.25) is 0 Å². The van der Waals surface area contributed by atoms with Crippen molar-refractivity contribution >= 4 is 11.8 Å². The van der Waals surface area contributed by atoms with E-state index in [4.69, 9.17) is 4.74 Å². The van der Waals surface area contributed by atoms with Crippen molar-refractivity contribution < 1.29 is 18.7 Å². The van der Waals surface area contributed by atoms with E-state index in [0.29, 0.717) is 18.7 Å². The largest absolute Gasteiger partial charge is 0.489 e. The van der Waals surface area contributed by atoms with Crippen molar-refractivity contribution in [3.63, 3.8) is 0 Å². The molecule has 1 N–H and O–H groups in total. The number of carbonyl (C=O) groups is 2. The number of para-hydroxylation sites is 1. The Morgan fingerprint density at radius 2 is 1.80 bits per heavy atom. The minimum Gasteiger partial charge on any atom is -0.489 e. The zero-order chi connectivity index (χ0) is 18.2. The van der Waals surface area contributed by atoms with E-state index in [0.717, 1.165) is 5.56 Å². The average molecular weight is 344 g/mol. The van der Waals surface area contributed by atoms with Gasteiger partial charge in [0.15, 0.2) is 11.6 Å². The maximum atomic E-state index is 13.5. The molecule has 0 saturated carbocycles. The third-order valence-electron chi connectivity index (χ3n) is 3.61. The van der Waals surface area contributed by atoms with Gasteiger partial charge >= 0.3 is 0 Å². The second-order valence-corrected chi connectivity index (χ2v) is 5.61. The summed E-state index contributed by atoms with van der Waals surface area (Å²) in [5, 5.41) is 2.70. The molecule has 0 aromatic heterocycles. The van der Waals surface area contributed by atoms with Gasteiger partial charge in [-0.25, -0.2) is 4.39 Å². The first-order chi connectivity index (χ1) is 12.0. The van der Waals surface area contributed by atoms with Crippen molar-refractivity contribution in [2.75, 3.05) is 20.2 Å². The summed E-state index contributed by atoms with van der Waals surface area (Å²) in [6, 6.07) is 13.2. The Labute approximate surface area is 146 Å². The number of likely N-dealkylation sites (N-methyl/N-ethyl adjacent to an activating group) is 1. The van der Waals surface area contributed by atoms with Crippen LogP contribution < -0.4 is 10.1 Å². The summed E-state index contributed by atoms with van der Waals surface area (Å²) >= 11 is 0. The summed E-state index contributed by atoms with van der Waals surface area (Å²) in [6.45, 7) is 2.41. The number of carbonyl (C=O) groups excluding carboxylic acids is 2. The molecule has 0 radical (unpaired) electrons. The molecule has 2 rings (SSSR count). The smallest absolute Gasteiger partial charge is 0.253 e. The van der Waals surface area contributed by atoms with Crippen LogP contribution in [0.15, 0.2) is 48.5 Å². The zero-order valence-electron chi connectivity index (χ0n) is 14.3. The summed E-state index contributed by atoms with van der Waals surface area (Å²) in [7, 11) is 1.66. The second-order valence-electron chi connectivity index (χ2n) is 5.61. The Morgan fingerprint density at radius 1 is 1.12 bits per heavy atom. The van der Waals surface area contributed by atoms with Gasteiger partial charge in [-0.05, 0) is 29.8 Å². The highest BCUT2D eigenvalue weighted by atomic mass is 19.1. The fourth-order valence-corrected chi connectivity index (χ4v) is 2.17. The predicted octanol–water partition coefficient (Wildman–Crippen LogP) is 2.61. The molecule has 0 bridgehead atoms. The van der Waals surface area contributed by atoms with Gasteiger partial charge < -0.3 is 15.0 Å². The van der Waals surface area contributed by atoms with E-state index in [9.17, 15) is 14.0 Å². The van der Waals surface area contributed by atoms with Crippen molar-refractivity contribution in [3.05, 3.63) is 65.5 Å². The van der Waals surface area contributed by atoms with Crippen LogP contribution >= 0.6 is 0 Å². The molecular weight excluding hydrogens is 323 g/mol. The topological polar surface area (TPSA) is 58.6 Å². The van der Waals surface area contributed by atoms with Crippen LogP contribution in [-0.2, 0) is 11.3 Å². The maximum Gasteiger partial charge on any atom is 0.253 e. The lowest BCUT2D eigenvalue weighted by atomic mass is 10.1. The maximum absolute atomic E-state index is 13.5. The van der Waals surface area contributed by atoms with E-state index in [2.05, 4.69) is 5.32 Å². The lowest BCUT2D eigenvalue weighted by molar-refractivity contribution is -0.119. The van der Waals surface area contributed by atoms with Gasteiger partial charge in [0.05, 0.1) is 6.54 Å². The number of hydrogen-bond acceptors (Lipinski definition) is 3. The van der Waals surface area contributed by atoms with E-state index in [1.807, 2.05) is 0 Å². The van der Waals surface area contributed by atoms with E-state index >= 15 is 0 Å². The number of ether oxygens (including phenoxy) is 1. The van der Waals surface area contributed by atoms with Gasteiger partial charge in [-0.15, -0.1) is 0 Å². The monoisotopic (exact) mass is 344 g/mol. The lowest BCUT2D eigenvalue weighted by Gasteiger charge is -2.18. The molecule has 2 aromatic rings. The summed E-state index contributed by atoms with van der Waals surface area (Å²) in [5.41, 5.74) is 1.46. The molecule has 0 unspecified atom stereocenters. The minimum atomic E-state index is -0.425. The van der Waals surface area contributed by atoms with Crippen molar-refractivity contribution in [3.8, 4) is 5.75 Å². The first-order valence-electron chi connectivity index (χ1n) is 7.93. The van der Waals surface area contributed by atoms with Crippen LogP contribution in [-0.4, -0.2) is 36.9 Å². The van der Waals surface area contributed by atoms with Crippen LogP contribution in [0.4, 0.5) is 4.39 Å². The van der Waals surface area contributed by atoms with Crippen molar-refractivity contribution in [1.82, 2.24) is 10.2 Å². The molecule has 25 heavy (non-hydrogen) atoms. The Hall–Kier alpha value is -2.89. The summed E-state index contributed by atoms with van der Waals surface area (Å²) in [5.74, 6) is -0.505. The molecule has 0 aliphatic carbocycles. The SMILES string of the molecule is CC(=O)NCc1ccc(C(=O)N(C)CCOc2ccccc2F)cc1. The predicted molar refractivity (Wildman–Crippen MR) is 92.8 cm³/mol. The van der Waals surface area contributed by atoms with E-state index in [-0.39, 0.29) is 24.2 Å². The lowest BCUT2D eigenvalue weighted by Crippen LogP contribution is -2.31.